The molecule has 0 heterocycles. The average molecular weight is 263 g/mol. The van der Waals surface area contributed by atoms with Gasteiger partial charge in [-0.15, -0.1) is 0 Å². The summed E-state index contributed by atoms with van der Waals surface area (Å²) in [5.41, 5.74) is 0. The Balaban J connectivity index is 2.78. The van der Waals surface area contributed by atoms with Gasteiger partial charge in [-0.1, -0.05) is 0 Å². The fourth-order valence-electron chi connectivity index (χ4n) is 1.58. The molecule has 0 fully saturated rings. The third-order valence-electron chi connectivity index (χ3n) is 2.49. The van der Waals surface area contributed by atoms with Crippen LogP contribution < -0.4 is 0 Å². The standard InChI is InChI=1S/C13H28Se/c1-3-5-6-7-8-9-10-11-13-14-12-4-2/h3-13H2,1-2H3. The van der Waals surface area contributed by atoms with Crippen LogP contribution in [-0.2, 0) is 0 Å². The first kappa shape index (κ1) is 14.5. The number of hydrogen-bond acceptors (Lipinski definition) is 0. The molecule has 0 amide bonds. The van der Waals surface area contributed by atoms with Gasteiger partial charge >= 0.3 is 97.2 Å². The van der Waals surface area contributed by atoms with E-state index in [0.717, 1.165) is 15.0 Å². The Kier molecular flexibility index (Phi) is 14.0. The summed E-state index contributed by atoms with van der Waals surface area (Å²) in [7, 11) is 0. The van der Waals surface area contributed by atoms with Crippen molar-refractivity contribution in [3.8, 4) is 0 Å². The fourth-order valence-corrected chi connectivity index (χ4v) is 3.47. The Hall–Kier alpha value is 0.519. The molecule has 86 valence electrons. The summed E-state index contributed by atoms with van der Waals surface area (Å²) in [6.45, 7) is 4.59. The van der Waals surface area contributed by atoms with Crippen LogP contribution in [0.25, 0.3) is 0 Å². The first-order valence-corrected chi connectivity index (χ1v) is 8.91. The molecular formula is C13H28Se. The molecule has 0 aliphatic rings. The number of rotatable bonds is 11. The van der Waals surface area contributed by atoms with Crippen molar-refractivity contribution in [1.29, 1.82) is 0 Å². The van der Waals surface area contributed by atoms with Crippen molar-refractivity contribution in [3.05, 3.63) is 0 Å². The minimum atomic E-state index is 0.969. The van der Waals surface area contributed by atoms with Crippen molar-refractivity contribution in [3.63, 3.8) is 0 Å². The maximum atomic E-state index is 2.30. The van der Waals surface area contributed by atoms with Crippen LogP contribution in [0.2, 0.25) is 10.6 Å². The molecule has 0 rings (SSSR count). The number of unbranched alkanes of at least 4 members (excludes halogenated alkanes) is 7. The third kappa shape index (κ3) is 12.5. The summed E-state index contributed by atoms with van der Waals surface area (Å²) >= 11 is 0.969. The van der Waals surface area contributed by atoms with E-state index in [-0.39, 0.29) is 0 Å². The SMILES string of the molecule is CCCCCCCCCC[Se]CCC. The fraction of sp³-hybridized carbons (Fsp3) is 1.00. The van der Waals surface area contributed by atoms with E-state index in [1.165, 1.54) is 68.4 Å². The van der Waals surface area contributed by atoms with E-state index < -0.39 is 0 Å². The van der Waals surface area contributed by atoms with Crippen LogP contribution in [-0.4, -0.2) is 15.0 Å². The molecule has 0 bridgehead atoms. The van der Waals surface area contributed by atoms with Gasteiger partial charge in [-0.2, -0.15) is 0 Å². The van der Waals surface area contributed by atoms with Gasteiger partial charge in [-0.3, -0.25) is 0 Å². The zero-order valence-electron chi connectivity index (χ0n) is 10.2. The van der Waals surface area contributed by atoms with E-state index >= 15 is 0 Å². The van der Waals surface area contributed by atoms with Crippen molar-refractivity contribution in [2.75, 3.05) is 0 Å². The molecule has 0 aliphatic heterocycles. The van der Waals surface area contributed by atoms with E-state index in [9.17, 15) is 0 Å². The molecule has 0 saturated heterocycles. The van der Waals surface area contributed by atoms with Crippen LogP contribution in [0.1, 0.15) is 71.6 Å². The average Bonchev–Trinajstić information content (AvgIpc) is 2.21. The van der Waals surface area contributed by atoms with Gasteiger partial charge in [0.2, 0.25) is 0 Å². The molecule has 0 aromatic carbocycles. The van der Waals surface area contributed by atoms with Crippen molar-refractivity contribution < 1.29 is 0 Å². The van der Waals surface area contributed by atoms with Crippen LogP contribution in [0.5, 0.6) is 0 Å². The molecule has 0 N–H and O–H groups in total. The van der Waals surface area contributed by atoms with E-state index in [0.29, 0.717) is 0 Å². The third-order valence-corrected chi connectivity index (χ3v) is 5.16. The van der Waals surface area contributed by atoms with Crippen LogP contribution >= 0.6 is 0 Å². The van der Waals surface area contributed by atoms with Crippen LogP contribution in [0.4, 0.5) is 0 Å². The summed E-state index contributed by atoms with van der Waals surface area (Å²) in [4.78, 5) is 0. The molecule has 0 aromatic heterocycles. The van der Waals surface area contributed by atoms with Gasteiger partial charge in [0.05, 0.1) is 0 Å². The Labute approximate surface area is 97.4 Å². The monoisotopic (exact) mass is 264 g/mol. The second-order valence-corrected chi connectivity index (χ2v) is 6.66. The van der Waals surface area contributed by atoms with E-state index in [1.54, 1.807) is 0 Å². The zero-order chi connectivity index (χ0) is 10.5. The summed E-state index contributed by atoms with van der Waals surface area (Å²) < 4.78 is 0. The van der Waals surface area contributed by atoms with Gasteiger partial charge in [0, 0.05) is 0 Å². The molecule has 14 heavy (non-hydrogen) atoms. The summed E-state index contributed by atoms with van der Waals surface area (Å²) in [6, 6.07) is 0. The van der Waals surface area contributed by atoms with Crippen molar-refractivity contribution in [2.24, 2.45) is 0 Å². The molecule has 0 aliphatic carbocycles. The molecular weight excluding hydrogens is 235 g/mol. The molecule has 0 atom stereocenters. The first-order valence-electron chi connectivity index (χ1n) is 6.49. The van der Waals surface area contributed by atoms with E-state index in [1.807, 2.05) is 0 Å². The van der Waals surface area contributed by atoms with Crippen molar-refractivity contribution in [2.45, 2.75) is 82.3 Å². The molecule has 1 heteroatoms. The normalized spacial score (nSPS) is 10.7. The van der Waals surface area contributed by atoms with Gasteiger partial charge in [0.15, 0.2) is 0 Å². The Morgan fingerprint density at radius 1 is 0.571 bits per heavy atom. The molecule has 0 saturated carbocycles. The Morgan fingerprint density at radius 2 is 1.14 bits per heavy atom. The van der Waals surface area contributed by atoms with Crippen LogP contribution in [0, 0.1) is 0 Å². The predicted octanol–water partition coefficient (Wildman–Crippen LogP) is 5.08. The maximum absolute atomic E-state index is 2.30. The van der Waals surface area contributed by atoms with E-state index in [4.69, 9.17) is 0 Å². The van der Waals surface area contributed by atoms with E-state index in [2.05, 4.69) is 13.8 Å². The summed E-state index contributed by atoms with van der Waals surface area (Å²) in [5, 5.41) is 3.04. The summed E-state index contributed by atoms with van der Waals surface area (Å²) in [5.74, 6) is 0. The number of hydrogen-bond donors (Lipinski definition) is 0. The van der Waals surface area contributed by atoms with Crippen molar-refractivity contribution in [1.82, 2.24) is 0 Å². The Bertz CT molecular complexity index is 79.2. The van der Waals surface area contributed by atoms with Crippen molar-refractivity contribution >= 4 is 15.0 Å². The molecule has 0 unspecified atom stereocenters. The van der Waals surface area contributed by atoms with Crippen LogP contribution in [0.15, 0.2) is 0 Å². The Morgan fingerprint density at radius 3 is 1.71 bits per heavy atom. The van der Waals surface area contributed by atoms with Gasteiger partial charge in [0.25, 0.3) is 0 Å². The molecule has 0 spiro atoms. The zero-order valence-corrected chi connectivity index (χ0v) is 11.9. The van der Waals surface area contributed by atoms with Gasteiger partial charge in [-0.25, -0.2) is 0 Å². The topological polar surface area (TPSA) is 0 Å². The quantitative estimate of drug-likeness (QED) is 0.360. The van der Waals surface area contributed by atoms with Gasteiger partial charge in [0.1, 0.15) is 0 Å². The summed E-state index contributed by atoms with van der Waals surface area (Å²) in [6.07, 6.45) is 13.2. The first-order chi connectivity index (χ1) is 6.91. The molecule has 0 nitrogen and oxygen atoms in total. The second-order valence-electron chi connectivity index (χ2n) is 4.09. The van der Waals surface area contributed by atoms with Gasteiger partial charge < -0.3 is 0 Å². The minimum absolute atomic E-state index is 0.969. The second kappa shape index (κ2) is 13.5. The predicted molar refractivity (Wildman–Crippen MR) is 68.3 cm³/mol. The molecule has 0 radical (unpaired) electrons. The molecule has 0 aromatic rings. The van der Waals surface area contributed by atoms with Crippen LogP contribution in [0.3, 0.4) is 0 Å². The van der Waals surface area contributed by atoms with Gasteiger partial charge in [-0.05, 0) is 0 Å².